The Morgan fingerprint density at radius 3 is 2.60 bits per heavy atom. The molecule has 0 bridgehead atoms. The fourth-order valence-corrected chi connectivity index (χ4v) is 2.65. The second kappa shape index (κ2) is 6.48. The zero-order valence-electron chi connectivity index (χ0n) is 11.6. The van der Waals surface area contributed by atoms with Crippen molar-refractivity contribution < 1.29 is 0 Å². The van der Waals surface area contributed by atoms with Crippen molar-refractivity contribution in [1.82, 2.24) is 15.3 Å². The van der Waals surface area contributed by atoms with Crippen molar-refractivity contribution in [3.8, 4) is 0 Å². The Bertz CT molecular complexity index is 507. The maximum absolute atomic E-state index is 4.24. The molecule has 0 atom stereocenters. The van der Waals surface area contributed by atoms with Gasteiger partial charge in [-0.15, -0.1) is 0 Å². The van der Waals surface area contributed by atoms with Crippen molar-refractivity contribution >= 4 is 5.69 Å². The molecule has 2 heterocycles. The van der Waals surface area contributed by atoms with E-state index in [4.69, 9.17) is 0 Å². The summed E-state index contributed by atoms with van der Waals surface area (Å²) in [5.74, 6) is 0. The van der Waals surface area contributed by atoms with E-state index in [1.165, 1.54) is 18.5 Å². The van der Waals surface area contributed by atoms with Crippen molar-refractivity contribution in [2.75, 3.05) is 18.0 Å². The number of nitrogens with one attached hydrogen (secondary N) is 1. The molecule has 1 aromatic heterocycles. The summed E-state index contributed by atoms with van der Waals surface area (Å²) in [6, 6.07) is 13.2. The van der Waals surface area contributed by atoms with Gasteiger partial charge in [0.1, 0.15) is 6.33 Å². The molecule has 0 unspecified atom stereocenters. The van der Waals surface area contributed by atoms with Gasteiger partial charge in [-0.3, -0.25) is 0 Å². The van der Waals surface area contributed by atoms with Gasteiger partial charge >= 0.3 is 0 Å². The van der Waals surface area contributed by atoms with E-state index in [0.717, 1.165) is 25.3 Å². The summed E-state index contributed by atoms with van der Waals surface area (Å²) in [7, 11) is 0. The lowest BCUT2D eigenvalue weighted by Gasteiger charge is -2.34. The highest BCUT2D eigenvalue weighted by Crippen LogP contribution is 2.19. The highest BCUT2D eigenvalue weighted by Gasteiger charge is 2.18. The molecule has 104 valence electrons. The highest BCUT2D eigenvalue weighted by atomic mass is 15.1. The first-order valence-corrected chi connectivity index (χ1v) is 7.20. The standard InChI is InChI=1S/C16H20N4/c1-2-4-16(5-3-1)20-10-7-14(8-11-20)18-12-15-6-9-17-13-19-15/h1-6,9,13-14,18H,7-8,10-12H2. The van der Waals surface area contributed by atoms with Crippen molar-refractivity contribution in [2.24, 2.45) is 0 Å². The van der Waals surface area contributed by atoms with Gasteiger partial charge in [0.25, 0.3) is 0 Å². The van der Waals surface area contributed by atoms with Crippen molar-refractivity contribution in [3.05, 3.63) is 54.6 Å². The molecule has 1 aromatic carbocycles. The summed E-state index contributed by atoms with van der Waals surface area (Å²) < 4.78 is 0. The van der Waals surface area contributed by atoms with Gasteiger partial charge in [0.05, 0.1) is 5.69 Å². The van der Waals surface area contributed by atoms with Crippen LogP contribution >= 0.6 is 0 Å². The van der Waals surface area contributed by atoms with Crippen molar-refractivity contribution in [2.45, 2.75) is 25.4 Å². The van der Waals surface area contributed by atoms with Crippen LogP contribution in [-0.2, 0) is 6.54 Å². The number of rotatable bonds is 4. The molecule has 1 N–H and O–H groups in total. The molecule has 4 heteroatoms. The molecule has 0 amide bonds. The lowest BCUT2D eigenvalue weighted by Crippen LogP contribution is -2.42. The third-order valence-corrected chi connectivity index (χ3v) is 3.83. The lowest BCUT2D eigenvalue weighted by molar-refractivity contribution is 0.412. The van der Waals surface area contributed by atoms with Gasteiger partial charge in [0, 0.05) is 37.6 Å². The molecule has 20 heavy (non-hydrogen) atoms. The minimum absolute atomic E-state index is 0.588. The molecular weight excluding hydrogens is 248 g/mol. The largest absolute Gasteiger partial charge is 0.371 e. The molecule has 1 saturated heterocycles. The van der Waals surface area contributed by atoms with Gasteiger partial charge < -0.3 is 10.2 Å². The maximum atomic E-state index is 4.24. The van der Waals surface area contributed by atoms with Crippen LogP contribution in [-0.4, -0.2) is 29.1 Å². The summed E-state index contributed by atoms with van der Waals surface area (Å²) in [6.07, 6.45) is 5.76. The molecule has 0 spiro atoms. The Labute approximate surface area is 119 Å². The van der Waals surface area contributed by atoms with Crippen LogP contribution in [0, 0.1) is 0 Å². The van der Waals surface area contributed by atoms with E-state index in [-0.39, 0.29) is 0 Å². The van der Waals surface area contributed by atoms with Crippen LogP contribution < -0.4 is 10.2 Å². The number of para-hydroxylation sites is 1. The molecule has 1 aliphatic rings. The van der Waals surface area contributed by atoms with Gasteiger partial charge in [-0.1, -0.05) is 18.2 Å². The van der Waals surface area contributed by atoms with Crippen LogP contribution in [0.25, 0.3) is 0 Å². The SMILES string of the molecule is c1ccc(N2CCC(NCc3ccncn3)CC2)cc1. The number of benzene rings is 1. The number of aromatic nitrogens is 2. The number of nitrogens with zero attached hydrogens (tertiary/aromatic N) is 3. The van der Waals surface area contributed by atoms with Crippen LogP contribution in [0.1, 0.15) is 18.5 Å². The second-order valence-electron chi connectivity index (χ2n) is 5.18. The van der Waals surface area contributed by atoms with Crippen molar-refractivity contribution in [1.29, 1.82) is 0 Å². The zero-order chi connectivity index (χ0) is 13.6. The predicted molar refractivity (Wildman–Crippen MR) is 80.5 cm³/mol. The lowest BCUT2D eigenvalue weighted by atomic mass is 10.0. The minimum Gasteiger partial charge on any atom is -0.371 e. The number of hydrogen-bond acceptors (Lipinski definition) is 4. The summed E-state index contributed by atoms with van der Waals surface area (Å²) in [5.41, 5.74) is 2.40. The first-order valence-electron chi connectivity index (χ1n) is 7.20. The number of anilines is 1. The molecule has 3 rings (SSSR count). The fourth-order valence-electron chi connectivity index (χ4n) is 2.65. The van der Waals surface area contributed by atoms with E-state index < -0.39 is 0 Å². The molecular formula is C16H20N4. The first kappa shape index (κ1) is 13.1. The molecule has 4 nitrogen and oxygen atoms in total. The Balaban J connectivity index is 1.47. The highest BCUT2D eigenvalue weighted by molar-refractivity contribution is 5.46. The Morgan fingerprint density at radius 1 is 1.10 bits per heavy atom. The monoisotopic (exact) mass is 268 g/mol. The van der Waals surface area contributed by atoms with Crippen LogP contribution in [0.4, 0.5) is 5.69 Å². The predicted octanol–water partition coefficient (Wildman–Crippen LogP) is 2.24. The Kier molecular flexibility index (Phi) is 4.23. The summed E-state index contributed by atoms with van der Waals surface area (Å²) >= 11 is 0. The Morgan fingerprint density at radius 2 is 1.90 bits per heavy atom. The third kappa shape index (κ3) is 3.33. The summed E-state index contributed by atoms with van der Waals surface area (Å²) in [6.45, 7) is 3.06. The molecule has 1 aliphatic heterocycles. The van der Waals surface area contributed by atoms with Gasteiger partial charge in [-0.2, -0.15) is 0 Å². The summed E-state index contributed by atoms with van der Waals surface area (Å²) in [4.78, 5) is 10.6. The van der Waals surface area contributed by atoms with Crippen LogP contribution in [0.15, 0.2) is 48.9 Å². The third-order valence-electron chi connectivity index (χ3n) is 3.83. The average Bonchev–Trinajstić information content (AvgIpc) is 2.55. The van der Waals surface area contributed by atoms with Gasteiger partial charge in [-0.05, 0) is 31.0 Å². The molecule has 1 fully saturated rings. The van der Waals surface area contributed by atoms with E-state index in [0.29, 0.717) is 6.04 Å². The molecule has 0 saturated carbocycles. The first-order chi connectivity index (χ1) is 9.92. The van der Waals surface area contributed by atoms with E-state index in [1.54, 1.807) is 12.5 Å². The van der Waals surface area contributed by atoms with E-state index in [2.05, 4.69) is 50.5 Å². The zero-order valence-corrected chi connectivity index (χ0v) is 11.6. The number of piperidine rings is 1. The van der Waals surface area contributed by atoms with E-state index >= 15 is 0 Å². The smallest absolute Gasteiger partial charge is 0.115 e. The topological polar surface area (TPSA) is 41.0 Å². The van der Waals surface area contributed by atoms with E-state index in [9.17, 15) is 0 Å². The Hall–Kier alpha value is -1.94. The van der Waals surface area contributed by atoms with Crippen LogP contribution in [0.3, 0.4) is 0 Å². The van der Waals surface area contributed by atoms with Gasteiger partial charge in [0.15, 0.2) is 0 Å². The summed E-state index contributed by atoms with van der Waals surface area (Å²) in [5, 5.41) is 3.59. The fraction of sp³-hybridized carbons (Fsp3) is 0.375. The normalized spacial score (nSPS) is 16.3. The van der Waals surface area contributed by atoms with E-state index in [1.807, 2.05) is 6.07 Å². The quantitative estimate of drug-likeness (QED) is 0.923. The average molecular weight is 268 g/mol. The van der Waals surface area contributed by atoms with Crippen LogP contribution in [0.2, 0.25) is 0 Å². The second-order valence-corrected chi connectivity index (χ2v) is 5.18. The maximum Gasteiger partial charge on any atom is 0.115 e. The van der Waals surface area contributed by atoms with Gasteiger partial charge in [0.2, 0.25) is 0 Å². The minimum atomic E-state index is 0.588. The molecule has 2 aromatic rings. The molecule has 0 radical (unpaired) electrons. The molecule has 0 aliphatic carbocycles. The van der Waals surface area contributed by atoms with Gasteiger partial charge in [-0.25, -0.2) is 9.97 Å². The van der Waals surface area contributed by atoms with Crippen LogP contribution in [0.5, 0.6) is 0 Å². The number of hydrogen-bond donors (Lipinski definition) is 1. The van der Waals surface area contributed by atoms with Crippen molar-refractivity contribution in [3.63, 3.8) is 0 Å².